The van der Waals surface area contributed by atoms with E-state index in [1.165, 1.54) is 0 Å². The molecule has 2 fully saturated rings. The molecule has 2 rings (SSSR count). The van der Waals surface area contributed by atoms with Crippen molar-refractivity contribution in [2.24, 2.45) is 16.7 Å². The van der Waals surface area contributed by atoms with Crippen LogP contribution in [0.25, 0.3) is 0 Å². The minimum Gasteiger partial charge on any atom is -0.481 e. The fraction of sp³-hybridized carbons (Fsp3) is 0.882. The zero-order valence-electron chi connectivity index (χ0n) is 13.8. The van der Waals surface area contributed by atoms with Gasteiger partial charge in [-0.2, -0.15) is 0 Å². The molecule has 0 radical (unpaired) electrons. The van der Waals surface area contributed by atoms with Gasteiger partial charge in [0, 0.05) is 5.92 Å². The number of carboxylic acids is 2. The number of aliphatic carboxylic acids is 2. The average molecular weight is 312 g/mol. The number of unbranched alkanes of at least 4 members (excludes halogenated alkanes) is 2. The number of hydrogen-bond acceptors (Lipinski definition) is 3. The first-order valence-electron chi connectivity index (χ1n) is 8.47. The van der Waals surface area contributed by atoms with E-state index in [-0.39, 0.29) is 18.1 Å². The molecule has 0 bridgehead atoms. The minimum atomic E-state index is -1.26. The standard InChI is InChI=1S/C17H28O5/c1-4-6-8-11-13-12(22-13)10-16(3,14(18)19)17(11,15(20)21)9-7-5-2/h11-13H,4-10H2,1-3H3,(H,18,19)(H,20,21). The Bertz CT molecular complexity index is 448. The first-order chi connectivity index (χ1) is 10.3. The van der Waals surface area contributed by atoms with Crippen molar-refractivity contribution in [2.45, 2.75) is 77.9 Å². The van der Waals surface area contributed by atoms with Gasteiger partial charge in [-0.15, -0.1) is 0 Å². The molecule has 1 aliphatic heterocycles. The van der Waals surface area contributed by atoms with Crippen LogP contribution in [0, 0.1) is 16.7 Å². The maximum Gasteiger partial charge on any atom is 0.311 e. The normalized spacial score (nSPS) is 40.0. The van der Waals surface area contributed by atoms with Crippen molar-refractivity contribution in [1.29, 1.82) is 0 Å². The predicted molar refractivity (Wildman–Crippen MR) is 81.6 cm³/mol. The third-order valence-corrected chi connectivity index (χ3v) is 5.89. The van der Waals surface area contributed by atoms with Gasteiger partial charge in [0.2, 0.25) is 0 Å². The Labute approximate surface area is 132 Å². The Kier molecular flexibility index (Phi) is 4.85. The maximum absolute atomic E-state index is 12.3. The highest BCUT2D eigenvalue weighted by Crippen LogP contribution is 2.63. The number of ether oxygens (including phenoxy) is 1. The van der Waals surface area contributed by atoms with E-state index >= 15 is 0 Å². The second-order valence-electron chi connectivity index (χ2n) is 7.11. The second kappa shape index (κ2) is 6.19. The lowest BCUT2D eigenvalue weighted by molar-refractivity contribution is -0.185. The molecule has 22 heavy (non-hydrogen) atoms. The van der Waals surface area contributed by atoms with Gasteiger partial charge in [-0.1, -0.05) is 39.5 Å². The highest BCUT2D eigenvalue weighted by molar-refractivity contribution is 5.87. The molecule has 5 unspecified atom stereocenters. The third-order valence-electron chi connectivity index (χ3n) is 5.89. The number of epoxide rings is 1. The Morgan fingerprint density at radius 3 is 2.27 bits per heavy atom. The molecule has 1 aliphatic carbocycles. The summed E-state index contributed by atoms with van der Waals surface area (Å²) in [7, 11) is 0. The van der Waals surface area contributed by atoms with Crippen LogP contribution in [-0.2, 0) is 14.3 Å². The highest BCUT2D eigenvalue weighted by Gasteiger charge is 2.72. The average Bonchev–Trinajstić information content (AvgIpc) is 3.21. The molecular weight excluding hydrogens is 284 g/mol. The summed E-state index contributed by atoms with van der Waals surface area (Å²) in [6.45, 7) is 5.70. The van der Waals surface area contributed by atoms with Gasteiger partial charge < -0.3 is 14.9 Å². The maximum atomic E-state index is 12.3. The minimum absolute atomic E-state index is 0.0630. The molecule has 1 heterocycles. The van der Waals surface area contributed by atoms with Crippen LogP contribution in [0.4, 0.5) is 0 Å². The van der Waals surface area contributed by atoms with Gasteiger partial charge in [-0.3, -0.25) is 9.59 Å². The van der Waals surface area contributed by atoms with Crippen LogP contribution in [0.2, 0.25) is 0 Å². The van der Waals surface area contributed by atoms with Crippen LogP contribution in [0.5, 0.6) is 0 Å². The zero-order chi connectivity index (χ0) is 16.5. The Morgan fingerprint density at radius 2 is 1.77 bits per heavy atom. The molecule has 5 heteroatoms. The fourth-order valence-corrected chi connectivity index (χ4v) is 4.48. The van der Waals surface area contributed by atoms with Crippen molar-refractivity contribution < 1.29 is 24.5 Å². The van der Waals surface area contributed by atoms with Crippen LogP contribution < -0.4 is 0 Å². The molecule has 1 saturated carbocycles. The molecular formula is C17H28O5. The lowest BCUT2D eigenvalue weighted by atomic mass is 9.49. The molecule has 1 saturated heterocycles. The SMILES string of the molecule is CCCCC1C2OC2CC(C)(C(=O)O)C1(CCCC)C(=O)O. The summed E-state index contributed by atoms with van der Waals surface area (Å²) in [5.74, 6) is -2.15. The van der Waals surface area contributed by atoms with Gasteiger partial charge in [-0.25, -0.2) is 0 Å². The zero-order valence-corrected chi connectivity index (χ0v) is 13.8. The highest BCUT2D eigenvalue weighted by atomic mass is 16.6. The van der Waals surface area contributed by atoms with E-state index in [1.54, 1.807) is 6.92 Å². The van der Waals surface area contributed by atoms with E-state index in [1.807, 2.05) is 6.92 Å². The number of rotatable bonds is 8. The smallest absolute Gasteiger partial charge is 0.311 e. The van der Waals surface area contributed by atoms with Crippen LogP contribution in [0.1, 0.15) is 65.7 Å². The predicted octanol–water partition coefficient (Wildman–Crippen LogP) is 3.32. The molecule has 0 amide bonds. The van der Waals surface area contributed by atoms with Crippen LogP contribution in [0.3, 0.4) is 0 Å². The third kappa shape index (κ3) is 2.43. The molecule has 0 aromatic heterocycles. The van der Waals surface area contributed by atoms with Gasteiger partial charge in [0.15, 0.2) is 0 Å². The molecule has 2 N–H and O–H groups in total. The monoisotopic (exact) mass is 312 g/mol. The van der Waals surface area contributed by atoms with Crippen LogP contribution >= 0.6 is 0 Å². The van der Waals surface area contributed by atoms with Gasteiger partial charge in [0.25, 0.3) is 0 Å². The summed E-state index contributed by atoms with van der Waals surface area (Å²) >= 11 is 0. The number of fused-ring (bicyclic) bond motifs is 1. The van der Waals surface area contributed by atoms with E-state index in [2.05, 4.69) is 6.92 Å². The Balaban J connectivity index is 2.48. The number of hydrogen-bond donors (Lipinski definition) is 2. The van der Waals surface area contributed by atoms with E-state index in [4.69, 9.17) is 4.74 Å². The Morgan fingerprint density at radius 1 is 1.14 bits per heavy atom. The largest absolute Gasteiger partial charge is 0.481 e. The quantitative estimate of drug-likeness (QED) is 0.671. The van der Waals surface area contributed by atoms with E-state index in [9.17, 15) is 19.8 Å². The van der Waals surface area contributed by atoms with Gasteiger partial charge in [0.1, 0.15) is 0 Å². The summed E-state index contributed by atoms with van der Waals surface area (Å²) in [5.41, 5.74) is -2.48. The lowest BCUT2D eigenvalue weighted by Crippen LogP contribution is -2.59. The first-order valence-corrected chi connectivity index (χ1v) is 8.47. The summed E-state index contributed by atoms with van der Waals surface area (Å²) < 4.78 is 5.69. The number of carbonyl (C=O) groups is 2. The summed E-state index contributed by atoms with van der Waals surface area (Å²) in [4.78, 5) is 24.3. The molecule has 0 aromatic carbocycles. The van der Waals surface area contributed by atoms with Crippen molar-refractivity contribution in [2.75, 3.05) is 0 Å². The van der Waals surface area contributed by atoms with Crippen molar-refractivity contribution in [1.82, 2.24) is 0 Å². The van der Waals surface area contributed by atoms with Crippen molar-refractivity contribution >= 4 is 11.9 Å². The summed E-state index contributed by atoms with van der Waals surface area (Å²) in [6, 6.07) is 0. The lowest BCUT2D eigenvalue weighted by Gasteiger charge is -2.50. The van der Waals surface area contributed by atoms with Crippen molar-refractivity contribution in [3.63, 3.8) is 0 Å². The van der Waals surface area contributed by atoms with Gasteiger partial charge >= 0.3 is 11.9 Å². The molecule has 0 aromatic rings. The molecule has 2 aliphatic rings. The molecule has 5 atom stereocenters. The summed E-state index contributed by atoms with van der Waals surface area (Å²) in [5, 5.41) is 19.9. The van der Waals surface area contributed by atoms with E-state index in [0.717, 1.165) is 32.1 Å². The summed E-state index contributed by atoms with van der Waals surface area (Å²) in [6.07, 6.45) is 4.80. The van der Waals surface area contributed by atoms with Gasteiger partial charge in [-0.05, 0) is 26.2 Å². The molecule has 0 spiro atoms. The van der Waals surface area contributed by atoms with Crippen LogP contribution in [-0.4, -0.2) is 34.4 Å². The Hall–Kier alpha value is -1.10. The van der Waals surface area contributed by atoms with E-state index in [0.29, 0.717) is 12.8 Å². The number of carboxylic acid groups (broad SMARTS) is 2. The van der Waals surface area contributed by atoms with Gasteiger partial charge in [0.05, 0.1) is 23.0 Å². The van der Waals surface area contributed by atoms with Crippen LogP contribution in [0.15, 0.2) is 0 Å². The fourth-order valence-electron chi connectivity index (χ4n) is 4.48. The molecule has 5 nitrogen and oxygen atoms in total. The molecule has 126 valence electrons. The van der Waals surface area contributed by atoms with E-state index < -0.39 is 22.8 Å². The van der Waals surface area contributed by atoms with Crippen molar-refractivity contribution in [3.05, 3.63) is 0 Å². The topological polar surface area (TPSA) is 87.1 Å². The first kappa shape index (κ1) is 17.3. The second-order valence-corrected chi connectivity index (χ2v) is 7.11. The van der Waals surface area contributed by atoms with Crippen molar-refractivity contribution in [3.8, 4) is 0 Å².